The molecule has 1 aromatic heterocycles. The summed E-state index contributed by atoms with van der Waals surface area (Å²) in [6, 6.07) is 10.8. The smallest absolute Gasteiger partial charge is 0.320 e. The summed E-state index contributed by atoms with van der Waals surface area (Å²) in [5, 5.41) is 0. The molecule has 0 amide bonds. The molecule has 1 aliphatic carbocycles. The highest BCUT2D eigenvalue weighted by atomic mass is 19.1. The third-order valence-corrected chi connectivity index (χ3v) is 5.54. The van der Waals surface area contributed by atoms with Crippen molar-refractivity contribution < 1.29 is 13.9 Å². The van der Waals surface area contributed by atoms with Crippen LogP contribution < -0.4 is 0 Å². The standard InChI is InChI=1S/C23H21FN2O2/c1-14-13-25-21-11-16(7-8-20(21)26-14)17-9-10-23(12-17,22(27)28-3)18-5-4-6-19(24)15(18)2/h4-8,11-13H,9-10H2,1-3H3/t23-/m0/s1. The number of carbonyl (C=O) groups excluding carboxylic acids is 1. The van der Waals surface area contributed by atoms with Crippen molar-refractivity contribution in [1.82, 2.24) is 9.97 Å². The van der Waals surface area contributed by atoms with Crippen molar-refractivity contribution in [3.63, 3.8) is 0 Å². The zero-order chi connectivity index (χ0) is 19.9. The van der Waals surface area contributed by atoms with Crippen LogP contribution in [0.25, 0.3) is 16.6 Å². The first-order valence-corrected chi connectivity index (χ1v) is 9.24. The van der Waals surface area contributed by atoms with Crippen molar-refractivity contribution in [2.45, 2.75) is 32.1 Å². The molecule has 0 N–H and O–H groups in total. The number of carbonyl (C=O) groups is 1. The first-order valence-electron chi connectivity index (χ1n) is 9.24. The molecule has 0 spiro atoms. The van der Waals surface area contributed by atoms with E-state index >= 15 is 0 Å². The second-order valence-electron chi connectivity index (χ2n) is 7.26. The number of aromatic nitrogens is 2. The SMILES string of the molecule is COC(=O)[C@]1(c2cccc(F)c2C)C=C(c2ccc3nc(C)cnc3c2)CC1. The van der Waals surface area contributed by atoms with Crippen LogP contribution in [0.2, 0.25) is 0 Å². The number of hydrogen-bond acceptors (Lipinski definition) is 4. The van der Waals surface area contributed by atoms with Gasteiger partial charge in [-0.05, 0) is 67.2 Å². The summed E-state index contributed by atoms with van der Waals surface area (Å²) in [5.41, 5.74) is 4.68. The fraction of sp³-hybridized carbons (Fsp3) is 0.261. The van der Waals surface area contributed by atoms with Gasteiger partial charge in [-0.3, -0.25) is 9.78 Å². The second kappa shape index (κ2) is 6.82. The van der Waals surface area contributed by atoms with E-state index in [9.17, 15) is 9.18 Å². The Kier molecular flexibility index (Phi) is 4.46. The minimum Gasteiger partial charge on any atom is -0.468 e. The molecular weight excluding hydrogens is 355 g/mol. The number of rotatable bonds is 3. The number of allylic oxidation sites excluding steroid dienone is 1. The van der Waals surface area contributed by atoms with Crippen LogP contribution >= 0.6 is 0 Å². The molecule has 0 fully saturated rings. The van der Waals surface area contributed by atoms with Gasteiger partial charge in [-0.1, -0.05) is 24.3 Å². The van der Waals surface area contributed by atoms with Gasteiger partial charge in [-0.25, -0.2) is 9.37 Å². The Bertz CT molecular complexity index is 1120. The van der Waals surface area contributed by atoms with E-state index in [4.69, 9.17) is 4.74 Å². The maximum Gasteiger partial charge on any atom is 0.320 e. The lowest BCUT2D eigenvalue weighted by atomic mass is 9.77. The molecule has 0 bridgehead atoms. The van der Waals surface area contributed by atoms with Crippen molar-refractivity contribution >= 4 is 22.6 Å². The third-order valence-electron chi connectivity index (χ3n) is 5.54. The molecule has 5 heteroatoms. The lowest BCUT2D eigenvalue weighted by Crippen LogP contribution is -2.34. The van der Waals surface area contributed by atoms with E-state index in [1.807, 2.05) is 37.3 Å². The number of methoxy groups -OCH3 is 1. The molecule has 4 rings (SSSR count). The normalized spacial score (nSPS) is 18.9. The summed E-state index contributed by atoms with van der Waals surface area (Å²) in [6.45, 7) is 3.61. The molecule has 1 atom stereocenters. The zero-order valence-corrected chi connectivity index (χ0v) is 16.1. The van der Waals surface area contributed by atoms with Gasteiger partial charge in [-0.15, -0.1) is 0 Å². The molecule has 142 valence electrons. The molecule has 0 aliphatic heterocycles. The van der Waals surface area contributed by atoms with Crippen LogP contribution in [0.15, 0.2) is 48.7 Å². The van der Waals surface area contributed by atoms with Gasteiger partial charge in [0.15, 0.2) is 0 Å². The Labute approximate surface area is 163 Å². The molecule has 0 radical (unpaired) electrons. The van der Waals surface area contributed by atoms with Crippen LogP contribution in [0.1, 0.15) is 35.2 Å². The molecule has 4 nitrogen and oxygen atoms in total. The van der Waals surface area contributed by atoms with E-state index < -0.39 is 5.41 Å². The molecule has 0 saturated carbocycles. The minimum absolute atomic E-state index is 0.320. The van der Waals surface area contributed by atoms with Gasteiger partial charge in [0.05, 0.1) is 23.8 Å². The summed E-state index contributed by atoms with van der Waals surface area (Å²) in [7, 11) is 1.37. The van der Waals surface area contributed by atoms with Crippen molar-refractivity contribution in [1.29, 1.82) is 0 Å². The number of nitrogens with zero attached hydrogens (tertiary/aromatic N) is 2. The first kappa shape index (κ1) is 18.3. The van der Waals surface area contributed by atoms with Crippen LogP contribution in [-0.4, -0.2) is 23.0 Å². The van der Waals surface area contributed by atoms with E-state index in [1.165, 1.54) is 13.2 Å². The van der Waals surface area contributed by atoms with Crippen molar-refractivity contribution in [2.75, 3.05) is 7.11 Å². The monoisotopic (exact) mass is 376 g/mol. The lowest BCUT2D eigenvalue weighted by Gasteiger charge is -2.26. The number of hydrogen-bond donors (Lipinski definition) is 0. The lowest BCUT2D eigenvalue weighted by molar-refractivity contribution is -0.145. The van der Waals surface area contributed by atoms with Crippen molar-refractivity contribution in [2.24, 2.45) is 0 Å². The number of benzene rings is 2. The van der Waals surface area contributed by atoms with Crippen LogP contribution in [0.5, 0.6) is 0 Å². The Morgan fingerprint density at radius 3 is 2.79 bits per heavy atom. The average Bonchev–Trinajstić information content (AvgIpc) is 3.15. The van der Waals surface area contributed by atoms with Crippen LogP contribution in [-0.2, 0) is 14.9 Å². The quantitative estimate of drug-likeness (QED) is 0.623. The molecule has 2 aromatic carbocycles. The van der Waals surface area contributed by atoms with Gasteiger partial charge in [-0.2, -0.15) is 0 Å². The van der Waals surface area contributed by atoms with Crippen molar-refractivity contribution in [3.8, 4) is 0 Å². The second-order valence-corrected chi connectivity index (χ2v) is 7.26. The van der Waals surface area contributed by atoms with Crippen molar-refractivity contribution in [3.05, 3.63) is 76.9 Å². The summed E-state index contributed by atoms with van der Waals surface area (Å²) in [4.78, 5) is 21.8. The Morgan fingerprint density at radius 1 is 1.18 bits per heavy atom. The Hall–Kier alpha value is -3.08. The van der Waals surface area contributed by atoms with Gasteiger partial charge in [0.2, 0.25) is 0 Å². The van der Waals surface area contributed by atoms with Gasteiger partial charge in [0.1, 0.15) is 11.2 Å². The topological polar surface area (TPSA) is 52.1 Å². The summed E-state index contributed by atoms with van der Waals surface area (Å²) < 4.78 is 19.3. The summed E-state index contributed by atoms with van der Waals surface area (Å²) in [5.74, 6) is -0.689. The van der Waals surface area contributed by atoms with E-state index in [1.54, 1.807) is 19.2 Å². The molecule has 0 unspecified atom stereocenters. The number of esters is 1. The van der Waals surface area contributed by atoms with Gasteiger partial charge >= 0.3 is 5.97 Å². The predicted octanol–water partition coefficient (Wildman–Crippen LogP) is 4.67. The Morgan fingerprint density at radius 2 is 2.00 bits per heavy atom. The first-order chi connectivity index (χ1) is 13.4. The number of ether oxygens (including phenoxy) is 1. The van der Waals surface area contributed by atoms with E-state index in [0.717, 1.165) is 27.9 Å². The number of aryl methyl sites for hydroxylation is 1. The fourth-order valence-corrected chi connectivity index (χ4v) is 4.06. The van der Waals surface area contributed by atoms with Crippen LogP contribution in [0.4, 0.5) is 4.39 Å². The number of fused-ring (bicyclic) bond motifs is 1. The van der Waals surface area contributed by atoms with Crippen LogP contribution in [0.3, 0.4) is 0 Å². The van der Waals surface area contributed by atoms with Gasteiger partial charge < -0.3 is 4.74 Å². The largest absolute Gasteiger partial charge is 0.468 e. The molecule has 1 aliphatic rings. The van der Waals surface area contributed by atoms with E-state index in [-0.39, 0.29) is 11.8 Å². The molecule has 1 heterocycles. The Balaban J connectivity index is 1.84. The summed E-state index contributed by atoms with van der Waals surface area (Å²) in [6.07, 6.45) is 4.90. The highest BCUT2D eigenvalue weighted by Crippen LogP contribution is 2.45. The van der Waals surface area contributed by atoms with Gasteiger partial charge in [0.25, 0.3) is 0 Å². The van der Waals surface area contributed by atoms with E-state index in [2.05, 4.69) is 9.97 Å². The minimum atomic E-state index is -0.982. The maximum absolute atomic E-state index is 14.2. The average molecular weight is 376 g/mol. The zero-order valence-electron chi connectivity index (χ0n) is 16.1. The summed E-state index contributed by atoms with van der Waals surface area (Å²) >= 11 is 0. The molecule has 0 saturated heterocycles. The number of halogens is 1. The third kappa shape index (κ3) is 2.87. The molecular formula is C23H21FN2O2. The molecule has 3 aromatic rings. The fourth-order valence-electron chi connectivity index (χ4n) is 4.06. The van der Waals surface area contributed by atoms with Gasteiger partial charge in [0, 0.05) is 6.20 Å². The molecule has 28 heavy (non-hydrogen) atoms. The highest BCUT2D eigenvalue weighted by molar-refractivity contribution is 5.92. The highest BCUT2D eigenvalue weighted by Gasteiger charge is 2.44. The maximum atomic E-state index is 14.2. The van der Waals surface area contributed by atoms with E-state index in [0.29, 0.717) is 24.0 Å². The predicted molar refractivity (Wildman–Crippen MR) is 106 cm³/mol. The van der Waals surface area contributed by atoms with Crippen LogP contribution in [0, 0.1) is 19.7 Å².